The summed E-state index contributed by atoms with van der Waals surface area (Å²) in [5.74, 6) is 0.970. The van der Waals surface area contributed by atoms with E-state index in [9.17, 15) is 0 Å². The summed E-state index contributed by atoms with van der Waals surface area (Å²) in [6.45, 7) is 5.14. The normalized spacial score (nSPS) is 22.1. The zero-order valence-corrected chi connectivity index (χ0v) is 18.4. The number of hydrogen-bond acceptors (Lipinski definition) is 3. The van der Waals surface area contributed by atoms with Gasteiger partial charge in [-0.05, 0) is 74.8 Å². The van der Waals surface area contributed by atoms with Gasteiger partial charge in [0, 0.05) is 23.6 Å². The van der Waals surface area contributed by atoms with Crippen LogP contribution in [0.3, 0.4) is 0 Å². The molecule has 156 valence electrons. The van der Waals surface area contributed by atoms with Crippen LogP contribution < -0.4 is 5.32 Å². The predicted molar refractivity (Wildman–Crippen MR) is 121 cm³/mol. The summed E-state index contributed by atoms with van der Waals surface area (Å²) in [6.07, 6.45) is 8.58. The Morgan fingerprint density at radius 3 is 2.70 bits per heavy atom. The second-order valence-electron chi connectivity index (χ2n) is 8.46. The highest BCUT2D eigenvalue weighted by atomic mass is 32.1. The standard InChI is InChI=1S/C24H28N4OS/c1-16-14-20(17(2)27(16)15-19-10-7-13-29-19)23-22(21-11-5-6-12-25-21)26-24(30)28(23)18-8-3-4-9-18/h5-7,10-14,18,22-23H,3-4,8-9,15H2,1-2H3,(H,26,30)/t22-,23-/m0/s1. The van der Waals surface area contributed by atoms with Crippen LogP contribution in [0.15, 0.2) is 53.3 Å². The minimum absolute atomic E-state index is 0.0527. The first-order valence-corrected chi connectivity index (χ1v) is 11.2. The molecule has 0 amide bonds. The molecule has 2 aliphatic rings. The molecule has 5 rings (SSSR count). The van der Waals surface area contributed by atoms with Gasteiger partial charge in [0.2, 0.25) is 0 Å². The molecule has 6 heteroatoms. The number of furan rings is 1. The highest BCUT2D eigenvalue weighted by Gasteiger charge is 2.44. The van der Waals surface area contributed by atoms with E-state index >= 15 is 0 Å². The maximum atomic E-state index is 5.87. The van der Waals surface area contributed by atoms with Crippen LogP contribution in [0.4, 0.5) is 0 Å². The minimum atomic E-state index is 0.0527. The first-order valence-electron chi connectivity index (χ1n) is 10.8. The molecule has 2 fully saturated rings. The van der Waals surface area contributed by atoms with Gasteiger partial charge in [0.1, 0.15) is 5.76 Å². The molecule has 3 aromatic heterocycles. The maximum absolute atomic E-state index is 5.87. The summed E-state index contributed by atoms with van der Waals surface area (Å²) >= 11 is 5.87. The van der Waals surface area contributed by atoms with Gasteiger partial charge in [0.15, 0.2) is 5.11 Å². The number of pyridine rings is 1. The second-order valence-corrected chi connectivity index (χ2v) is 8.85. The molecule has 0 radical (unpaired) electrons. The Labute approximate surface area is 183 Å². The van der Waals surface area contributed by atoms with Crippen molar-refractivity contribution in [2.75, 3.05) is 0 Å². The van der Waals surface area contributed by atoms with Crippen LogP contribution in [-0.4, -0.2) is 25.6 Å². The molecule has 1 aliphatic heterocycles. The van der Waals surface area contributed by atoms with Crippen LogP contribution in [0, 0.1) is 13.8 Å². The maximum Gasteiger partial charge on any atom is 0.170 e. The van der Waals surface area contributed by atoms with Gasteiger partial charge in [-0.1, -0.05) is 18.9 Å². The van der Waals surface area contributed by atoms with Gasteiger partial charge in [-0.15, -0.1) is 0 Å². The third kappa shape index (κ3) is 3.33. The van der Waals surface area contributed by atoms with Gasteiger partial charge in [-0.3, -0.25) is 4.98 Å². The smallest absolute Gasteiger partial charge is 0.170 e. The Bertz CT molecular complexity index is 1020. The van der Waals surface area contributed by atoms with Crippen molar-refractivity contribution in [2.45, 2.75) is 64.2 Å². The van der Waals surface area contributed by atoms with Crippen LogP contribution in [0.1, 0.15) is 66.2 Å². The number of aryl methyl sites for hydroxylation is 1. The second kappa shape index (κ2) is 7.91. The summed E-state index contributed by atoms with van der Waals surface area (Å²) in [7, 11) is 0. The molecule has 1 N–H and O–H groups in total. The van der Waals surface area contributed by atoms with Crippen molar-refractivity contribution in [3.63, 3.8) is 0 Å². The lowest BCUT2D eigenvalue weighted by molar-refractivity contribution is 0.245. The first kappa shape index (κ1) is 19.4. The van der Waals surface area contributed by atoms with E-state index in [0.29, 0.717) is 6.04 Å². The lowest BCUT2D eigenvalue weighted by atomic mass is 9.95. The molecule has 0 aromatic carbocycles. The van der Waals surface area contributed by atoms with E-state index in [0.717, 1.165) is 23.1 Å². The van der Waals surface area contributed by atoms with Crippen LogP contribution >= 0.6 is 12.2 Å². The van der Waals surface area contributed by atoms with Crippen molar-refractivity contribution in [1.82, 2.24) is 19.8 Å². The molecule has 0 bridgehead atoms. The molecule has 1 saturated carbocycles. The van der Waals surface area contributed by atoms with E-state index in [1.807, 2.05) is 24.4 Å². The number of rotatable bonds is 5. The lowest BCUT2D eigenvalue weighted by Crippen LogP contribution is -2.37. The van der Waals surface area contributed by atoms with E-state index in [-0.39, 0.29) is 12.1 Å². The highest BCUT2D eigenvalue weighted by Crippen LogP contribution is 2.44. The van der Waals surface area contributed by atoms with Gasteiger partial charge in [-0.2, -0.15) is 0 Å². The Morgan fingerprint density at radius 2 is 2.00 bits per heavy atom. The van der Waals surface area contributed by atoms with Crippen LogP contribution in [0.5, 0.6) is 0 Å². The third-order valence-corrected chi connectivity index (χ3v) is 7.01. The first-order chi connectivity index (χ1) is 14.6. The number of hydrogen-bond donors (Lipinski definition) is 1. The molecule has 0 spiro atoms. The van der Waals surface area contributed by atoms with E-state index in [1.165, 1.54) is 42.6 Å². The quantitative estimate of drug-likeness (QED) is 0.585. The Kier molecular flexibility index (Phi) is 5.11. The Hall–Kier alpha value is -2.60. The molecular formula is C24H28N4OS. The van der Waals surface area contributed by atoms with Gasteiger partial charge in [0.25, 0.3) is 0 Å². The fourth-order valence-corrected chi connectivity index (χ4v) is 5.59. The minimum Gasteiger partial charge on any atom is -0.467 e. The average Bonchev–Trinajstić information content (AvgIpc) is 3.54. The van der Waals surface area contributed by atoms with E-state index in [4.69, 9.17) is 16.6 Å². The SMILES string of the molecule is Cc1cc([C@H]2[C@H](c3ccccn3)NC(=S)N2C2CCCC2)c(C)n1Cc1ccco1. The van der Waals surface area contributed by atoms with Crippen molar-refractivity contribution >= 4 is 17.3 Å². The summed E-state index contributed by atoms with van der Waals surface area (Å²) in [6, 6.07) is 13.1. The molecule has 0 unspecified atom stereocenters. The van der Waals surface area contributed by atoms with Crippen molar-refractivity contribution < 1.29 is 4.42 Å². The molecule has 30 heavy (non-hydrogen) atoms. The zero-order valence-electron chi connectivity index (χ0n) is 17.5. The summed E-state index contributed by atoms with van der Waals surface area (Å²) in [4.78, 5) is 7.15. The molecule has 3 aromatic rings. The molecule has 1 saturated heterocycles. The Balaban J connectivity index is 1.58. The average molecular weight is 421 g/mol. The molecule has 1 aliphatic carbocycles. The van der Waals surface area contributed by atoms with Gasteiger partial charge < -0.3 is 19.2 Å². The van der Waals surface area contributed by atoms with Crippen molar-refractivity contribution in [3.8, 4) is 0 Å². The Morgan fingerprint density at radius 1 is 1.17 bits per heavy atom. The van der Waals surface area contributed by atoms with Crippen molar-refractivity contribution in [3.05, 3.63) is 77.3 Å². The van der Waals surface area contributed by atoms with Crippen molar-refractivity contribution in [2.24, 2.45) is 0 Å². The van der Waals surface area contributed by atoms with E-state index in [1.54, 1.807) is 6.26 Å². The lowest BCUT2D eigenvalue weighted by Gasteiger charge is -2.33. The van der Waals surface area contributed by atoms with Gasteiger partial charge >= 0.3 is 0 Å². The monoisotopic (exact) mass is 420 g/mol. The van der Waals surface area contributed by atoms with Gasteiger partial charge in [0.05, 0.1) is 30.6 Å². The highest BCUT2D eigenvalue weighted by molar-refractivity contribution is 7.80. The molecule has 4 heterocycles. The summed E-state index contributed by atoms with van der Waals surface area (Å²) < 4.78 is 7.96. The zero-order chi connectivity index (χ0) is 20.7. The van der Waals surface area contributed by atoms with Crippen LogP contribution in [0.25, 0.3) is 0 Å². The number of nitrogens with zero attached hydrogens (tertiary/aromatic N) is 3. The van der Waals surface area contributed by atoms with Crippen LogP contribution in [-0.2, 0) is 6.54 Å². The summed E-state index contributed by atoms with van der Waals surface area (Å²) in [5, 5.41) is 4.47. The summed E-state index contributed by atoms with van der Waals surface area (Å²) in [5.41, 5.74) is 4.88. The third-order valence-electron chi connectivity index (χ3n) is 6.68. The van der Waals surface area contributed by atoms with Crippen LogP contribution in [0.2, 0.25) is 0 Å². The predicted octanol–water partition coefficient (Wildman–Crippen LogP) is 5.06. The number of nitrogens with one attached hydrogen (secondary N) is 1. The fraction of sp³-hybridized carbons (Fsp3) is 0.417. The number of aromatic nitrogens is 2. The van der Waals surface area contributed by atoms with E-state index < -0.39 is 0 Å². The number of thiocarbonyl (C=S) groups is 1. The molecular weight excluding hydrogens is 392 g/mol. The van der Waals surface area contributed by atoms with Crippen molar-refractivity contribution in [1.29, 1.82) is 0 Å². The van der Waals surface area contributed by atoms with E-state index in [2.05, 4.69) is 51.8 Å². The van der Waals surface area contributed by atoms with Gasteiger partial charge in [-0.25, -0.2) is 0 Å². The fourth-order valence-electron chi connectivity index (χ4n) is 5.20. The largest absolute Gasteiger partial charge is 0.467 e. The molecule has 2 atom stereocenters. The topological polar surface area (TPSA) is 46.2 Å². The molecule has 5 nitrogen and oxygen atoms in total.